The Morgan fingerprint density at radius 2 is 2.09 bits per heavy atom. The molecule has 0 amide bonds. The number of fused-ring (bicyclic) bond motifs is 3. The molecule has 5 nitrogen and oxygen atoms in total. The molecule has 2 aromatic carbocycles. The topological polar surface area (TPSA) is 75.4 Å². The van der Waals surface area contributed by atoms with Crippen LogP contribution in [0.1, 0.15) is 22.6 Å². The summed E-state index contributed by atoms with van der Waals surface area (Å²) in [5.74, 6) is 1.81. The fourth-order valence-electron chi connectivity index (χ4n) is 3.97. The van der Waals surface area contributed by atoms with Crippen LogP contribution < -0.4 is 5.32 Å². The van der Waals surface area contributed by atoms with E-state index in [2.05, 4.69) is 29.6 Å². The molecule has 1 saturated carbocycles. The van der Waals surface area contributed by atoms with Crippen LogP contribution in [-0.2, 0) is 13.0 Å². The Morgan fingerprint density at radius 3 is 2.87 bits per heavy atom. The van der Waals surface area contributed by atoms with Crippen LogP contribution in [-0.4, -0.2) is 16.6 Å². The third-order valence-corrected chi connectivity index (χ3v) is 5.17. The molecule has 118 valence electrons. The van der Waals surface area contributed by atoms with Crippen molar-refractivity contribution in [2.75, 3.05) is 11.9 Å². The SMILES string of the molecule is O=[N+]([O-])c1ccc(CO)cc1NCC1C2Cc3ccccc3C12. The first-order valence-electron chi connectivity index (χ1n) is 7.89. The van der Waals surface area contributed by atoms with E-state index in [1.54, 1.807) is 12.1 Å². The number of nitro groups is 1. The van der Waals surface area contributed by atoms with E-state index in [1.165, 1.54) is 17.2 Å². The standard InChI is InChI=1S/C18H18N2O3/c21-10-11-5-6-17(20(22)23)16(7-11)19-9-15-14-8-12-3-1-2-4-13(12)18(14)15/h1-7,14-15,18-19,21H,8-10H2. The highest BCUT2D eigenvalue weighted by Crippen LogP contribution is 2.61. The maximum atomic E-state index is 11.1. The van der Waals surface area contributed by atoms with Crippen molar-refractivity contribution in [2.45, 2.75) is 18.9 Å². The summed E-state index contributed by atoms with van der Waals surface area (Å²) in [6, 6.07) is 13.3. The fraction of sp³-hybridized carbons (Fsp3) is 0.333. The normalized spacial score (nSPS) is 24.0. The first kappa shape index (κ1) is 14.2. The maximum absolute atomic E-state index is 11.1. The number of nitro benzene ring substituents is 1. The van der Waals surface area contributed by atoms with Crippen LogP contribution in [0.5, 0.6) is 0 Å². The van der Waals surface area contributed by atoms with Gasteiger partial charge in [0, 0.05) is 12.6 Å². The average molecular weight is 310 g/mol. The second-order valence-corrected chi connectivity index (χ2v) is 6.40. The summed E-state index contributed by atoms with van der Waals surface area (Å²) in [4.78, 5) is 10.8. The van der Waals surface area contributed by atoms with Gasteiger partial charge in [-0.1, -0.05) is 24.3 Å². The molecule has 0 saturated heterocycles. The lowest BCUT2D eigenvalue weighted by molar-refractivity contribution is -0.384. The molecule has 0 spiro atoms. The largest absolute Gasteiger partial charge is 0.392 e. The van der Waals surface area contributed by atoms with Gasteiger partial charge in [-0.25, -0.2) is 0 Å². The highest BCUT2D eigenvalue weighted by atomic mass is 16.6. The molecule has 4 rings (SSSR count). The van der Waals surface area contributed by atoms with E-state index in [9.17, 15) is 15.2 Å². The van der Waals surface area contributed by atoms with Gasteiger partial charge in [0.05, 0.1) is 11.5 Å². The van der Waals surface area contributed by atoms with Gasteiger partial charge in [0.1, 0.15) is 5.69 Å². The summed E-state index contributed by atoms with van der Waals surface area (Å²) in [6.45, 7) is 0.619. The highest BCUT2D eigenvalue weighted by Gasteiger charge is 2.54. The van der Waals surface area contributed by atoms with Gasteiger partial charge in [0.15, 0.2) is 0 Å². The molecule has 1 fully saturated rings. The number of hydrogen-bond donors (Lipinski definition) is 2. The van der Waals surface area contributed by atoms with E-state index < -0.39 is 0 Å². The van der Waals surface area contributed by atoms with Crippen molar-refractivity contribution in [1.82, 2.24) is 0 Å². The first-order chi connectivity index (χ1) is 11.2. The molecule has 3 atom stereocenters. The number of nitrogens with zero attached hydrogens (tertiary/aromatic N) is 1. The van der Waals surface area contributed by atoms with Gasteiger partial charge < -0.3 is 10.4 Å². The average Bonchev–Trinajstić information content (AvgIpc) is 3.10. The minimum absolute atomic E-state index is 0.0633. The van der Waals surface area contributed by atoms with E-state index in [1.807, 2.05) is 0 Å². The Bertz CT molecular complexity index is 775. The van der Waals surface area contributed by atoms with Gasteiger partial charge in [-0.3, -0.25) is 10.1 Å². The summed E-state index contributed by atoms with van der Waals surface area (Å²) in [7, 11) is 0. The van der Waals surface area contributed by atoms with E-state index in [0.29, 0.717) is 29.0 Å². The summed E-state index contributed by atoms with van der Waals surface area (Å²) >= 11 is 0. The van der Waals surface area contributed by atoms with Gasteiger partial charge in [-0.05, 0) is 53.0 Å². The lowest BCUT2D eigenvalue weighted by Gasteiger charge is -2.11. The van der Waals surface area contributed by atoms with Crippen LogP contribution in [0.25, 0.3) is 0 Å². The van der Waals surface area contributed by atoms with E-state index in [0.717, 1.165) is 13.0 Å². The second-order valence-electron chi connectivity index (χ2n) is 6.40. The highest BCUT2D eigenvalue weighted by molar-refractivity contribution is 5.63. The van der Waals surface area contributed by atoms with Crippen molar-refractivity contribution < 1.29 is 10.0 Å². The van der Waals surface area contributed by atoms with Crippen molar-refractivity contribution >= 4 is 11.4 Å². The van der Waals surface area contributed by atoms with Crippen LogP contribution in [0.3, 0.4) is 0 Å². The lowest BCUT2D eigenvalue weighted by Crippen LogP contribution is -2.10. The van der Waals surface area contributed by atoms with Crippen molar-refractivity contribution in [2.24, 2.45) is 11.8 Å². The number of benzene rings is 2. The van der Waals surface area contributed by atoms with Crippen LogP contribution in [0, 0.1) is 22.0 Å². The molecule has 2 aliphatic rings. The fourth-order valence-corrected chi connectivity index (χ4v) is 3.97. The van der Waals surface area contributed by atoms with Crippen LogP contribution >= 0.6 is 0 Å². The molecule has 0 aliphatic heterocycles. The molecule has 2 aromatic rings. The minimum atomic E-state index is -0.382. The zero-order valence-corrected chi connectivity index (χ0v) is 12.6. The summed E-state index contributed by atoms with van der Waals surface area (Å²) < 4.78 is 0. The van der Waals surface area contributed by atoms with Gasteiger partial charge in [-0.2, -0.15) is 0 Å². The zero-order valence-electron chi connectivity index (χ0n) is 12.6. The quantitative estimate of drug-likeness (QED) is 0.657. The molecule has 0 heterocycles. The van der Waals surface area contributed by atoms with Gasteiger partial charge in [-0.15, -0.1) is 0 Å². The Hall–Kier alpha value is -2.40. The number of anilines is 1. The van der Waals surface area contributed by atoms with Gasteiger partial charge in [0.2, 0.25) is 0 Å². The van der Waals surface area contributed by atoms with Crippen LogP contribution in [0.2, 0.25) is 0 Å². The molecular formula is C18H18N2O3. The Labute approximate surface area is 134 Å². The lowest BCUT2D eigenvalue weighted by atomic mass is 10.0. The van der Waals surface area contributed by atoms with Crippen molar-refractivity contribution in [3.05, 3.63) is 69.3 Å². The number of aliphatic hydroxyl groups excluding tert-OH is 1. The van der Waals surface area contributed by atoms with E-state index >= 15 is 0 Å². The zero-order chi connectivity index (χ0) is 16.0. The number of nitrogens with one attached hydrogen (secondary N) is 1. The van der Waals surface area contributed by atoms with Crippen molar-refractivity contribution in [3.63, 3.8) is 0 Å². The first-order valence-corrected chi connectivity index (χ1v) is 7.89. The smallest absolute Gasteiger partial charge is 0.292 e. The molecular weight excluding hydrogens is 292 g/mol. The Balaban J connectivity index is 1.48. The van der Waals surface area contributed by atoms with Crippen LogP contribution in [0.4, 0.5) is 11.4 Å². The predicted molar refractivity (Wildman–Crippen MR) is 87.4 cm³/mol. The minimum Gasteiger partial charge on any atom is -0.392 e. The molecule has 0 radical (unpaired) electrons. The Kier molecular flexibility index (Phi) is 3.31. The molecule has 2 aliphatic carbocycles. The van der Waals surface area contributed by atoms with E-state index in [4.69, 9.17) is 0 Å². The molecule has 2 N–H and O–H groups in total. The number of hydrogen-bond acceptors (Lipinski definition) is 4. The monoisotopic (exact) mass is 310 g/mol. The molecule has 23 heavy (non-hydrogen) atoms. The second kappa shape index (κ2) is 5.35. The number of aliphatic hydroxyl groups is 1. The Morgan fingerprint density at radius 1 is 1.26 bits per heavy atom. The molecule has 3 unspecified atom stereocenters. The summed E-state index contributed by atoms with van der Waals surface area (Å²) in [5.41, 5.74) is 4.14. The van der Waals surface area contributed by atoms with E-state index in [-0.39, 0.29) is 17.2 Å². The summed E-state index contributed by atoms with van der Waals surface area (Å²) in [6.07, 6.45) is 1.12. The molecule has 5 heteroatoms. The molecule has 0 aromatic heterocycles. The van der Waals surface area contributed by atoms with Gasteiger partial charge in [0.25, 0.3) is 5.69 Å². The third kappa shape index (κ3) is 2.37. The van der Waals surface area contributed by atoms with Crippen LogP contribution in [0.15, 0.2) is 42.5 Å². The van der Waals surface area contributed by atoms with Crippen molar-refractivity contribution in [3.8, 4) is 0 Å². The van der Waals surface area contributed by atoms with Gasteiger partial charge >= 0.3 is 0 Å². The molecule has 0 bridgehead atoms. The summed E-state index contributed by atoms with van der Waals surface area (Å²) in [5, 5.41) is 23.6. The number of rotatable bonds is 5. The third-order valence-electron chi connectivity index (χ3n) is 5.17. The maximum Gasteiger partial charge on any atom is 0.292 e. The van der Waals surface area contributed by atoms with Crippen molar-refractivity contribution in [1.29, 1.82) is 0 Å². The predicted octanol–water partition coefficient (Wildman–Crippen LogP) is 3.08.